The van der Waals surface area contributed by atoms with E-state index in [0.717, 1.165) is 0 Å². The number of nitrogens with one attached hydrogen (secondary N) is 4. The first-order valence-electron chi connectivity index (χ1n) is 17.2. The Morgan fingerprint density at radius 3 is 1.69 bits per heavy atom. The highest BCUT2D eigenvalue weighted by molar-refractivity contribution is 5.93. The number of phenols is 1. The van der Waals surface area contributed by atoms with Gasteiger partial charge in [-0.2, -0.15) is 0 Å². The molecule has 19 heteroatoms. The monoisotopic (exact) mass is 743 g/mol. The summed E-state index contributed by atoms with van der Waals surface area (Å²) < 4.78 is 31.9. The van der Waals surface area contributed by atoms with Crippen molar-refractivity contribution in [2.45, 2.75) is 51.3 Å². The Labute approximate surface area is 304 Å². The maximum absolute atomic E-state index is 13.6. The van der Waals surface area contributed by atoms with Crippen LogP contribution in [-0.2, 0) is 49.2 Å². The van der Waals surface area contributed by atoms with Gasteiger partial charge in [0.15, 0.2) is 6.10 Å². The van der Waals surface area contributed by atoms with Crippen LogP contribution < -0.4 is 38.5 Å². The predicted molar refractivity (Wildman–Crippen MR) is 188 cm³/mol. The van der Waals surface area contributed by atoms with E-state index in [0.29, 0.717) is 65.0 Å². The molecule has 296 valence electrons. The Balaban J connectivity index is 2.67. The van der Waals surface area contributed by atoms with Gasteiger partial charge in [-0.1, -0.05) is 26.0 Å². The number of amides is 6. The zero-order valence-corrected chi connectivity index (χ0v) is 30.1. The Hall–Kier alpha value is -4.27. The summed E-state index contributed by atoms with van der Waals surface area (Å²) in [6.07, 6.45) is -2.13. The fraction of sp³-hybridized carbons (Fsp3) is 0.667. The van der Waals surface area contributed by atoms with E-state index in [9.17, 15) is 29.1 Å². The number of rotatable bonds is 30. The number of aromatic hydroxyl groups is 1. The molecule has 19 nitrogen and oxygen atoms in total. The minimum absolute atomic E-state index is 0.0264. The summed E-state index contributed by atoms with van der Waals surface area (Å²) in [6.45, 7) is 7.83. The van der Waals surface area contributed by atoms with Crippen molar-refractivity contribution in [3.63, 3.8) is 0 Å². The first kappa shape index (κ1) is 45.8. The molecule has 0 fully saturated rings. The van der Waals surface area contributed by atoms with E-state index in [-0.39, 0.29) is 51.3 Å². The molecule has 0 spiro atoms. The van der Waals surface area contributed by atoms with Crippen LogP contribution >= 0.6 is 0 Å². The molecule has 0 saturated carbocycles. The molecule has 0 radical (unpaired) electrons. The SMILES string of the molecule is CC(C)C(OC(N)=O)C(=O)NC(CCCNC(N)=O)C(=O)NC(Cc1ccc(O)cc1)C(=O)NCCOCCOCCOCCOCCOCCN. The Kier molecular flexibility index (Phi) is 24.9. The molecule has 0 bridgehead atoms. The van der Waals surface area contributed by atoms with Crippen LogP contribution in [0.15, 0.2) is 24.3 Å². The van der Waals surface area contributed by atoms with Crippen molar-refractivity contribution in [2.24, 2.45) is 23.1 Å². The largest absolute Gasteiger partial charge is 0.508 e. The van der Waals surface area contributed by atoms with Crippen molar-refractivity contribution in [1.82, 2.24) is 21.3 Å². The van der Waals surface area contributed by atoms with Crippen LogP contribution in [0.2, 0.25) is 0 Å². The first-order chi connectivity index (χ1) is 24.9. The molecule has 1 rings (SSSR count). The summed E-state index contributed by atoms with van der Waals surface area (Å²) >= 11 is 0. The number of phenolic OH excluding ortho intramolecular Hbond substituents is 1. The first-order valence-corrected chi connectivity index (χ1v) is 17.2. The third kappa shape index (κ3) is 22.5. The highest BCUT2D eigenvalue weighted by Gasteiger charge is 2.31. The molecule has 1 aromatic rings. The van der Waals surface area contributed by atoms with Gasteiger partial charge in [0.25, 0.3) is 5.91 Å². The number of carbonyl (C=O) groups excluding carboxylic acids is 5. The van der Waals surface area contributed by atoms with E-state index in [1.54, 1.807) is 26.0 Å². The predicted octanol–water partition coefficient (Wildman–Crippen LogP) is -1.37. The number of primary amides is 2. The number of hydrogen-bond donors (Lipinski definition) is 8. The molecule has 0 aliphatic heterocycles. The normalized spacial score (nSPS) is 12.8. The zero-order valence-electron chi connectivity index (χ0n) is 30.1. The molecule has 0 aromatic heterocycles. The van der Waals surface area contributed by atoms with Gasteiger partial charge in [-0.15, -0.1) is 0 Å². The maximum Gasteiger partial charge on any atom is 0.405 e. The summed E-state index contributed by atoms with van der Waals surface area (Å²) in [6, 6.07) is 3.06. The second kappa shape index (κ2) is 28.3. The summed E-state index contributed by atoms with van der Waals surface area (Å²) in [5.74, 6) is -2.44. The number of carbonyl (C=O) groups is 5. The molecule has 0 aliphatic carbocycles. The quantitative estimate of drug-likeness (QED) is 0.0423. The summed E-state index contributed by atoms with van der Waals surface area (Å²) in [5, 5.41) is 20.1. The van der Waals surface area contributed by atoms with Crippen LogP contribution in [-0.4, -0.2) is 139 Å². The van der Waals surface area contributed by atoms with Gasteiger partial charge in [0.05, 0.1) is 66.1 Å². The average molecular weight is 744 g/mol. The lowest BCUT2D eigenvalue weighted by molar-refractivity contribution is -0.136. The summed E-state index contributed by atoms with van der Waals surface area (Å²) in [4.78, 5) is 62.4. The molecular weight excluding hydrogens is 686 g/mol. The minimum Gasteiger partial charge on any atom is -0.508 e. The Bertz CT molecular complexity index is 1180. The Morgan fingerprint density at radius 2 is 1.19 bits per heavy atom. The third-order valence-corrected chi connectivity index (χ3v) is 7.01. The second-order valence-corrected chi connectivity index (χ2v) is 11.7. The van der Waals surface area contributed by atoms with Crippen molar-refractivity contribution < 1.29 is 57.5 Å². The van der Waals surface area contributed by atoms with Crippen molar-refractivity contribution in [1.29, 1.82) is 0 Å². The molecule has 3 unspecified atom stereocenters. The van der Waals surface area contributed by atoms with E-state index in [1.165, 1.54) is 12.1 Å². The molecule has 3 atom stereocenters. The highest BCUT2D eigenvalue weighted by Crippen LogP contribution is 2.13. The van der Waals surface area contributed by atoms with Gasteiger partial charge in [0.1, 0.15) is 17.8 Å². The molecule has 0 aliphatic rings. The van der Waals surface area contributed by atoms with E-state index < -0.39 is 54.0 Å². The summed E-state index contributed by atoms with van der Waals surface area (Å²) in [5.41, 5.74) is 16.2. The highest BCUT2D eigenvalue weighted by atomic mass is 16.6. The smallest absolute Gasteiger partial charge is 0.405 e. The molecule has 1 aromatic carbocycles. The number of ether oxygens (including phenoxy) is 6. The van der Waals surface area contributed by atoms with Crippen LogP contribution in [0, 0.1) is 5.92 Å². The lowest BCUT2D eigenvalue weighted by Crippen LogP contribution is -2.56. The van der Waals surface area contributed by atoms with Crippen LogP contribution in [0.5, 0.6) is 5.75 Å². The Morgan fingerprint density at radius 1 is 0.673 bits per heavy atom. The van der Waals surface area contributed by atoms with E-state index >= 15 is 0 Å². The van der Waals surface area contributed by atoms with Crippen molar-refractivity contribution >= 4 is 29.8 Å². The van der Waals surface area contributed by atoms with E-state index in [4.69, 9.17) is 45.6 Å². The van der Waals surface area contributed by atoms with Crippen LogP contribution in [0.3, 0.4) is 0 Å². The topological polar surface area (TPSA) is 287 Å². The van der Waals surface area contributed by atoms with Crippen LogP contribution in [0.1, 0.15) is 32.3 Å². The van der Waals surface area contributed by atoms with Gasteiger partial charge in [0, 0.05) is 26.1 Å². The van der Waals surface area contributed by atoms with E-state index in [1.807, 2.05) is 0 Å². The number of nitrogens with two attached hydrogens (primary N) is 3. The van der Waals surface area contributed by atoms with Gasteiger partial charge < -0.3 is 72.0 Å². The van der Waals surface area contributed by atoms with Crippen molar-refractivity contribution in [3.8, 4) is 5.75 Å². The van der Waals surface area contributed by atoms with Crippen molar-refractivity contribution in [2.75, 3.05) is 85.7 Å². The lowest BCUT2D eigenvalue weighted by atomic mass is 10.0. The molecule has 0 saturated heterocycles. The van der Waals surface area contributed by atoms with Gasteiger partial charge in [-0.05, 0) is 36.5 Å². The zero-order chi connectivity index (χ0) is 38.6. The number of benzene rings is 1. The maximum atomic E-state index is 13.6. The van der Waals surface area contributed by atoms with Gasteiger partial charge >= 0.3 is 12.1 Å². The number of hydrogen-bond acceptors (Lipinski definition) is 13. The second-order valence-electron chi connectivity index (χ2n) is 11.7. The standard InChI is InChI=1S/C33H57N7O12/c1-23(2)28(52-33(36)46)31(44)39-26(4-3-10-38-32(35)45)30(43)40-27(22-24-5-7-25(41)8-6-24)29(42)37-11-13-48-15-17-50-19-21-51-20-18-49-16-14-47-12-9-34/h5-8,23,26-28,41H,3-4,9-22,34H2,1-2H3,(H2,36,46)(H,37,42)(H,39,44)(H,40,43)(H3,35,38,45). The van der Waals surface area contributed by atoms with Crippen LogP contribution in [0.4, 0.5) is 9.59 Å². The third-order valence-electron chi connectivity index (χ3n) is 7.01. The van der Waals surface area contributed by atoms with Gasteiger partial charge in [-0.25, -0.2) is 9.59 Å². The molecule has 0 heterocycles. The average Bonchev–Trinajstić information content (AvgIpc) is 3.09. The fourth-order valence-electron chi connectivity index (χ4n) is 4.44. The van der Waals surface area contributed by atoms with E-state index in [2.05, 4.69) is 21.3 Å². The summed E-state index contributed by atoms with van der Waals surface area (Å²) in [7, 11) is 0. The molecular formula is C33H57N7O12. The number of urea groups is 1. The van der Waals surface area contributed by atoms with Gasteiger partial charge in [0.2, 0.25) is 11.8 Å². The molecule has 52 heavy (non-hydrogen) atoms. The van der Waals surface area contributed by atoms with Crippen LogP contribution in [0.25, 0.3) is 0 Å². The molecule has 6 amide bonds. The van der Waals surface area contributed by atoms with Gasteiger partial charge in [-0.3, -0.25) is 14.4 Å². The molecule has 11 N–H and O–H groups in total. The van der Waals surface area contributed by atoms with Crippen molar-refractivity contribution in [3.05, 3.63) is 29.8 Å². The fourth-order valence-corrected chi connectivity index (χ4v) is 4.44. The minimum atomic E-state index is -1.28. The lowest BCUT2D eigenvalue weighted by Gasteiger charge is -2.26.